The lowest BCUT2D eigenvalue weighted by Crippen LogP contribution is -2.58. The van der Waals surface area contributed by atoms with Crippen LogP contribution in [0.15, 0.2) is 33.5 Å². The van der Waals surface area contributed by atoms with Crippen molar-refractivity contribution in [1.29, 1.82) is 0 Å². The zero-order chi connectivity index (χ0) is 24.6. The number of ether oxygens (including phenoxy) is 5. The fraction of sp³-hybridized carbons (Fsp3) is 0.545. The number of benzene rings is 1. The average molecular weight is 485 g/mol. The number of halogens is 3. The summed E-state index contributed by atoms with van der Waals surface area (Å²) >= 11 is 0. The Labute approximate surface area is 191 Å². The standard InChI is InChI=1S/C22H22F3NO8/c1-20(2)31-14-15(32-20)17-19(34-21(3,4)33-17)30-16(14)18(28)26-9-5-6-10-11(22(23,24)25)8-13(27)29-12(10)7-9/h5-8,14-17,19H,1-4H3,(H,26,28)/t14-,15-,16+,17-,19+/m1/s1. The molecular weight excluding hydrogens is 463 g/mol. The fourth-order valence-corrected chi connectivity index (χ4v) is 4.51. The second kappa shape index (κ2) is 7.49. The van der Waals surface area contributed by atoms with E-state index in [0.717, 1.165) is 12.1 Å². The number of amides is 1. The molecule has 5 atom stereocenters. The molecule has 184 valence electrons. The molecule has 1 N–H and O–H groups in total. The fourth-order valence-electron chi connectivity index (χ4n) is 4.51. The summed E-state index contributed by atoms with van der Waals surface area (Å²) in [5, 5.41) is 2.27. The Morgan fingerprint density at radius 2 is 1.59 bits per heavy atom. The molecule has 2 aromatic rings. The van der Waals surface area contributed by atoms with E-state index in [4.69, 9.17) is 28.1 Å². The molecule has 0 aliphatic carbocycles. The predicted octanol–water partition coefficient (Wildman–Crippen LogP) is 3.15. The SMILES string of the molecule is CC1(C)O[C@@H]2[C@@H](O1)[C@@H](C(=O)Nc1ccc3c(C(F)(F)F)cc(=O)oc3c1)O[C@H]1OC(C)(C)O[C@@H]12. The first-order chi connectivity index (χ1) is 15.7. The van der Waals surface area contributed by atoms with E-state index in [9.17, 15) is 22.8 Å². The van der Waals surface area contributed by atoms with E-state index in [2.05, 4.69) is 5.32 Å². The van der Waals surface area contributed by atoms with Crippen molar-refractivity contribution in [3.05, 3.63) is 40.2 Å². The first kappa shape index (κ1) is 23.2. The largest absolute Gasteiger partial charge is 0.423 e. The lowest BCUT2D eigenvalue weighted by molar-refractivity contribution is -0.229. The second-order valence-electron chi connectivity index (χ2n) is 9.27. The molecule has 0 bridgehead atoms. The van der Waals surface area contributed by atoms with Crippen molar-refractivity contribution >= 4 is 22.6 Å². The van der Waals surface area contributed by atoms with E-state index in [1.807, 2.05) is 0 Å². The summed E-state index contributed by atoms with van der Waals surface area (Å²) in [6, 6.07) is 3.91. The third-order valence-electron chi connectivity index (χ3n) is 5.73. The van der Waals surface area contributed by atoms with Crippen molar-refractivity contribution in [3.8, 4) is 0 Å². The molecule has 0 saturated carbocycles. The van der Waals surface area contributed by atoms with Gasteiger partial charge in [-0.05, 0) is 39.8 Å². The van der Waals surface area contributed by atoms with E-state index >= 15 is 0 Å². The van der Waals surface area contributed by atoms with Crippen molar-refractivity contribution in [2.24, 2.45) is 0 Å². The van der Waals surface area contributed by atoms with E-state index < -0.39 is 65.6 Å². The lowest BCUT2D eigenvalue weighted by Gasteiger charge is -2.36. The molecule has 1 aromatic carbocycles. The minimum atomic E-state index is -4.75. The summed E-state index contributed by atoms with van der Waals surface area (Å²) in [6.45, 7) is 6.80. The van der Waals surface area contributed by atoms with Gasteiger partial charge in [-0.2, -0.15) is 13.2 Å². The van der Waals surface area contributed by atoms with Crippen molar-refractivity contribution < 1.29 is 46.1 Å². The molecule has 3 aliphatic heterocycles. The zero-order valence-electron chi connectivity index (χ0n) is 18.6. The van der Waals surface area contributed by atoms with Gasteiger partial charge >= 0.3 is 11.8 Å². The minimum absolute atomic E-state index is 0.101. The van der Waals surface area contributed by atoms with Crippen molar-refractivity contribution in [2.45, 2.75) is 76.2 Å². The first-order valence-electron chi connectivity index (χ1n) is 10.6. The van der Waals surface area contributed by atoms with Crippen molar-refractivity contribution in [2.75, 3.05) is 5.32 Å². The van der Waals surface area contributed by atoms with Gasteiger partial charge in [-0.25, -0.2) is 4.79 Å². The number of carbonyl (C=O) groups excluding carboxylic acids is 1. The summed E-state index contributed by atoms with van der Waals surface area (Å²) in [7, 11) is 0. The van der Waals surface area contributed by atoms with Crippen LogP contribution in [0.5, 0.6) is 0 Å². The normalized spacial score (nSPS) is 31.8. The topological polar surface area (TPSA) is 105 Å². The Balaban J connectivity index is 1.43. The molecule has 1 amide bonds. The van der Waals surface area contributed by atoms with Gasteiger partial charge < -0.3 is 33.4 Å². The molecule has 3 aliphatic rings. The highest BCUT2D eigenvalue weighted by Crippen LogP contribution is 2.44. The van der Waals surface area contributed by atoms with E-state index in [-0.39, 0.29) is 16.7 Å². The third kappa shape index (κ3) is 4.09. The monoisotopic (exact) mass is 485 g/mol. The smallest absolute Gasteiger partial charge is 0.417 e. The van der Waals surface area contributed by atoms with Gasteiger partial charge in [0.15, 0.2) is 24.0 Å². The van der Waals surface area contributed by atoms with Crippen LogP contribution < -0.4 is 10.9 Å². The average Bonchev–Trinajstić information content (AvgIpc) is 3.19. The Kier molecular flexibility index (Phi) is 5.12. The highest BCUT2D eigenvalue weighted by molar-refractivity contribution is 5.96. The summed E-state index contributed by atoms with van der Waals surface area (Å²) in [4.78, 5) is 24.8. The Bertz CT molecular complexity index is 1210. The summed E-state index contributed by atoms with van der Waals surface area (Å²) in [5.41, 5.74) is -2.51. The maximum atomic E-state index is 13.3. The maximum absolute atomic E-state index is 13.3. The number of hydrogen-bond donors (Lipinski definition) is 1. The molecule has 0 radical (unpaired) electrons. The number of fused-ring (bicyclic) bond motifs is 4. The van der Waals surface area contributed by atoms with Crippen molar-refractivity contribution in [3.63, 3.8) is 0 Å². The number of hydrogen-bond acceptors (Lipinski definition) is 8. The Morgan fingerprint density at radius 3 is 2.29 bits per heavy atom. The maximum Gasteiger partial charge on any atom is 0.417 e. The molecule has 0 unspecified atom stereocenters. The van der Waals surface area contributed by atoms with E-state index in [1.54, 1.807) is 27.7 Å². The summed E-state index contributed by atoms with van der Waals surface area (Å²) in [6.07, 6.45) is -8.92. The minimum Gasteiger partial charge on any atom is -0.423 e. The van der Waals surface area contributed by atoms with Gasteiger partial charge in [0.05, 0.1) is 5.56 Å². The Hall–Kier alpha value is -2.51. The number of carbonyl (C=O) groups is 1. The Morgan fingerprint density at radius 1 is 0.941 bits per heavy atom. The molecule has 3 fully saturated rings. The molecule has 3 saturated heterocycles. The third-order valence-corrected chi connectivity index (χ3v) is 5.73. The van der Waals surface area contributed by atoms with Gasteiger partial charge in [0.1, 0.15) is 23.9 Å². The highest BCUT2D eigenvalue weighted by Gasteiger charge is 2.62. The van der Waals surface area contributed by atoms with Crippen LogP contribution in [-0.2, 0) is 34.7 Å². The lowest BCUT2D eigenvalue weighted by atomic mass is 9.98. The van der Waals surface area contributed by atoms with Crippen LogP contribution in [0.3, 0.4) is 0 Å². The molecule has 4 heterocycles. The number of anilines is 1. The van der Waals surface area contributed by atoms with Gasteiger partial charge in [0, 0.05) is 23.2 Å². The van der Waals surface area contributed by atoms with Crippen LogP contribution in [0.2, 0.25) is 0 Å². The molecule has 5 rings (SSSR count). The summed E-state index contributed by atoms with van der Waals surface area (Å²) < 4.78 is 74.2. The molecule has 34 heavy (non-hydrogen) atoms. The van der Waals surface area contributed by atoms with E-state index in [1.165, 1.54) is 6.07 Å². The van der Waals surface area contributed by atoms with Crippen LogP contribution in [0.1, 0.15) is 33.3 Å². The van der Waals surface area contributed by atoms with Crippen molar-refractivity contribution in [1.82, 2.24) is 0 Å². The van der Waals surface area contributed by atoms with Crippen LogP contribution >= 0.6 is 0 Å². The molecule has 12 heteroatoms. The van der Waals surface area contributed by atoms with Crippen LogP contribution in [0.4, 0.5) is 18.9 Å². The van der Waals surface area contributed by atoms with Gasteiger partial charge in [0.25, 0.3) is 5.91 Å². The van der Waals surface area contributed by atoms with Crippen LogP contribution in [-0.4, -0.2) is 48.2 Å². The van der Waals surface area contributed by atoms with Crippen LogP contribution in [0, 0.1) is 0 Å². The van der Waals surface area contributed by atoms with Gasteiger partial charge in [-0.3, -0.25) is 4.79 Å². The highest BCUT2D eigenvalue weighted by atomic mass is 19.4. The second-order valence-corrected chi connectivity index (χ2v) is 9.27. The van der Waals surface area contributed by atoms with Gasteiger partial charge in [0.2, 0.25) is 0 Å². The molecule has 0 spiro atoms. The number of rotatable bonds is 2. The van der Waals surface area contributed by atoms with Gasteiger partial charge in [-0.15, -0.1) is 0 Å². The number of nitrogens with one attached hydrogen (secondary N) is 1. The first-order valence-corrected chi connectivity index (χ1v) is 10.6. The zero-order valence-corrected chi connectivity index (χ0v) is 18.6. The quantitative estimate of drug-likeness (QED) is 0.647. The van der Waals surface area contributed by atoms with E-state index in [0.29, 0.717) is 6.07 Å². The summed E-state index contributed by atoms with van der Waals surface area (Å²) in [5.74, 6) is -2.62. The molecule has 1 aromatic heterocycles. The molecular formula is C22H22F3NO8. The predicted molar refractivity (Wildman–Crippen MR) is 109 cm³/mol. The number of alkyl halides is 3. The van der Waals surface area contributed by atoms with Gasteiger partial charge in [-0.1, -0.05) is 0 Å². The van der Waals surface area contributed by atoms with Crippen LogP contribution in [0.25, 0.3) is 11.0 Å². The molecule has 9 nitrogen and oxygen atoms in total.